The molecule has 0 radical (unpaired) electrons. The van der Waals surface area contributed by atoms with E-state index in [1.54, 1.807) is 0 Å². The molecule has 0 heterocycles. The van der Waals surface area contributed by atoms with Gasteiger partial charge in [-0.3, -0.25) is 0 Å². The number of nitrogens with two attached hydrogens (primary N) is 1. The molecule has 2 heteroatoms. The Morgan fingerprint density at radius 1 is 1.16 bits per heavy atom. The SMILES string of the molecule is CCC(C)(C)N(C)CCC(N)c1cc(C)cc(C)c1. The van der Waals surface area contributed by atoms with Crippen molar-refractivity contribution in [3.8, 4) is 0 Å². The highest BCUT2D eigenvalue weighted by molar-refractivity contribution is 5.30. The van der Waals surface area contributed by atoms with Crippen molar-refractivity contribution in [2.24, 2.45) is 5.73 Å². The topological polar surface area (TPSA) is 29.3 Å². The van der Waals surface area contributed by atoms with Crippen LogP contribution in [0.3, 0.4) is 0 Å². The van der Waals surface area contributed by atoms with E-state index in [-0.39, 0.29) is 11.6 Å². The van der Waals surface area contributed by atoms with Gasteiger partial charge in [0.2, 0.25) is 0 Å². The third-order valence-electron chi connectivity index (χ3n) is 4.35. The number of aryl methyl sites for hydroxylation is 2. The fourth-order valence-electron chi connectivity index (χ4n) is 2.30. The van der Waals surface area contributed by atoms with Gasteiger partial charge in [0, 0.05) is 18.1 Å². The molecule has 1 unspecified atom stereocenters. The van der Waals surface area contributed by atoms with Crippen LogP contribution in [0.1, 0.15) is 56.3 Å². The van der Waals surface area contributed by atoms with E-state index in [1.165, 1.54) is 16.7 Å². The van der Waals surface area contributed by atoms with Crippen molar-refractivity contribution < 1.29 is 0 Å². The number of benzene rings is 1. The molecule has 0 aliphatic carbocycles. The minimum Gasteiger partial charge on any atom is -0.324 e. The van der Waals surface area contributed by atoms with Crippen LogP contribution in [-0.2, 0) is 0 Å². The van der Waals surface area contributed by atoms with E-state index in [1.807, 2.05) is 0 Å². The number of rotatable bonds is 6. The summed E-state index contributed by atoms with van der Waals surface area (Å²) in [5, 5.41) is 0. The van der Waals surface area contributed by atoms with E-state index in [4.69, 9.17) is 5.73 Å². The monoisotopic (exact) mass is 262 g/mol. The summed E-state index contributed by atoms with van der Waals surface area (Å²) in [4.78, 5) is 2.41. The molecule has 1 atom stereocenters. The first kappa shape index (κ1) is 16.2. The molecule has 2 nitrogen and oxygen atoms in total. The molecule has 108 valence electrons. The van der Waals surface area contributed by atoms with Gasteiger partial charge in [0.1, 0.15) is 0 Å². The van der Waals surface area contributed by atoms with Gasteiger partial charge in [0.25, 0.3) is 0 Å². The van der Waals surface area contributed by atoms with Gasteiger partial charge in [0.05, 0.1) is 0 Å². The molecule has 19 heavy (non-hydrogen) atoms. The minimum atomic E-state index is 0.133. The van der Waals surface area contributed by atoms with E-state index in [0.717, 1.165) is 19.4 Å². The zero-order valence-electron chi connectivity index (χ0n) is 13.5. The molecule has 0 aliphatic heterocycles. The van der Waals surface area contributed by atoms with Gasteiger partial charge >= 0.3 is 0 Å². The summed E-state index contributed by atoms with van der Waals surface area (Å²) in [7, 11) is 2.19. The summed E-state index contributed by atoms with van der Waals surface area (Å²) in [6, 6.07) is 6.75. The second-order valence-electron chi connectivity index (χ2n) is 6.40. The molecule has 0 saturated heterocycles. The van der Waals surface area contributed by atoms with Crippen LogP contribution in [0.15, 0.2) is 18.2 Å². The molecular weight excluding hydrogens is 232 g/mol. The van der Waals surface area contributed by atoms with Gasteiger partial charge in [-0.25, -0.2) is 0 Å². The molecule has 1 aromatic carbocycles. The smallest absolute Gasteiger partial charge is 0.0307 e. The lowest BCUT2D eigenvalue weighted by Crippen LogP contribution is -2.41. The van der Waals surface area contributed by atoms with Gasteiger partial charge in [-0.2, -0.15) is 0 Å². The Hall–Kier alpha value is -0.860. The van der Waals surface area contributed by atoms with E-state index >= 15 is 0 Å². The Labute approximate surface area is 119 Å². The largest absolute Gasteiger partial charge is 0.324 e. The Bertz CT molecular complexity index is 389. The van der Waals surface area contributed by atoms with Crippen molar-refractivity contribution >= 4 is 0 Å². The fourth-order valence-corrected chi connectivity index (χ4v) is 2.30. The molecule has 0 bridgehead atoms. The summed E-state index contributed by atoms with van der Waals surface area (Å²) in [5.41, 5.74) is 10.5. The second kappa shape index (κ2) is 6.53. The first-order chi connectivity index (χ1) is 8.76. The Morgan fingerprint density at radius 3 is 2.16 bits per heavy atom. The number of hydrogen-bond donors (Lipinski definition) is 1. The van der Waals surface area contributed by atoms with Gasteiger partial charge < -0.3 is 10.6 Å². The normalized spacial score (nSPS) is 13.9. The minimum absolute atomic E-state index is 0.133. The van der Waals surface area contributed by atoms with E-state index in [2.05, 4.69) is 64.8 Å². The molecule has 1 rings (SSSR count). The maximum absolute atomic E-state index is 6.34. The predicted octanol–water partition coefficient (Wildman–Crippen LogP) is 3.81. The molecule has 1 aromatic rings. The maximum Gasteiger partial charge on any atom is 0.0307 e. The zero-order valence-corrected chi connectivity index (χ0v) is 13.5. The maximum atomic E-state index is 6.34. The summed E-state index contributed by atoms with van der Waals surface area (Å²) >= 11 is 0. The summed E-state index contributed by atoms with van der Waals surface area (Å²) in [6.45, 7) is 12.1. The van der Waals surface area contributed by atoms with E-state index in [0.29, 0.717) is 0 Å². The van der Waals surface area contributed by atoms with Crippen molar-refractivity contribution in [3.63, 3.8) is 0 Å². The molecule has 0 spiro atoms. The van der Waals surface area contributed by atoms with Crippen LogP contribution in [0.4, 0.5) is 0 Å². The van der Waals surface area contributed by atoms with Crippen LogP contribution in [-0.4, -0.2) is 24.0 Å². The average Bonchev–Trinajstić information content (AvgIpc) is 2.34. The highest BCUT2D eigenvalue weighted by Gasteiger charge is 2.21. The first-order valence-electron chi connectivity index (χ1n) is 7.31. The molecule has 0 aromatic heterocycles. The lowest BCUT2D eigenvalue weighted by atomic mass is 9.97. The van der Waals surface area contributed by atoms with Gasteiger partial charge in [0.15, 0.2) is 0 Å². The van der Waals surface area contributed by atoms with E-state index in [9.17, 15) is 0 Å². The van der Waals surface area contributed by atoms with Crippen molar-refractivity contribution in [2.75, 3.05) is 13.6 Å². The van der Waals surface area contributed by atoms with Crippen molar-refractivity contribution in [1.82, 2.24) is 4.90 Å². The highest BCUT2D eigenvalue weighted by Crippen LogP contribution is 2.21. The number of nitrogens with zero attached hydrogens (tertiary/aromatic N) is 1. The molecule has 0 fully saturated rings. The summed E-state index contributed by atoms with van der Waals surface area (Å²) < 4.78 is 0. The van der Waals surface area contributed by atoms with Gasteiger partial charge in [-0.05, 0) is 53.1 Å². The van der Waals surface area contributed by atoms with Crippen molar-refractivity contribution in [2.45, 2.75) is 59.0 Å². The Morgan fingerprint density at radius 2 is 1.68 bits per heavy atom. The van der Waals surface area contributed by atoms with Crippen LogP contribution in [0, 0.1) is 13.8 Å². The molecule has 0 amide bonds. The van der Waals surface area contributed by atoms with Crippen LogP contribution < -0.4 is 5.73 Å². The third-order valence-corrected chi connectivity index (χ3v) is 4.35. The van der Waals surface area contributed by atoms with Gasteiger partial charge in [-0.1, -0.05) is 36.2 Å². The quantitative estimate of drug-likeness (QED) is 0.844. The lowest BCUT2D eigenvalue weighted by molar-refractivity contribution is 0.146. The molecule has 2 N–H and O–H groups in total. The second-order valence-corrected chi connectivity index (χ2v) is 6.40. The average molecular weight is 262 g/mol. The molecule has 0 saturated carbocycles. The predicted molar refractivity (Wildman–Crippen MR) is 84.5 cm³/mol. The summed E-state index contributed by atoms with van der Waals surface area (Å²) in [5.74, 6) is 0. The standard InChI is InChI=1S/C17H30N2/c1-7-17(4,5)19(6)9-8-16(18)15-11-13(2)10-14(3)12-15/h10-12,16H,7-9,18H2,1-6H3. The van der Waals surface area contributed by atoms with E-state index < -0.39 is 0 Å². The van der Waals surface area contributed by atoms with Crippen molar-refractivity contribution in [1.29, 1.82) is 0 Å². The van der Waals surface area contributed by atoms with Crippen molar-refractivity contribution in [3.05, 3.63) is 34.9 Å². The van der Waals surface area contributed by atoms with Crippen LogP contribution in [0.25, 0.3) is 0 Å². The lowest BCUT2D eigenvalue weighted by Gasteiger charge is -2.35. The highest BCUT2D eigenvalue weighted by atomic mass is 15.2. The molecule has 0 aliphatic rings. The summed E-state index contributed by atoms with van der Waals surface area (Å²) in [6.07, 6.45) is 2.16. The molecular formula is C17H30N2. The third kappa shape index (κ3) is 4.63. The Kier molecular flexibility index (Phi) is 5.57. The van der Waals surface area contributed by atoms with Crippen LogP contribution in [0.2, 0.25) is 0 Å². The first-order valence-corrected chi connectivity index (χ1v) is 7.31. The van der Waals surface area contributed by atoms with Crippen LogP contribution in [0.5, 0.6) is 0 Å². The fraction of sp³-hybridized carbons (Fsp3) is 0.647. The number of hydrogen-bond acceptors (Lipinski definition) is 2. The van der Waals surface area contributed by atoms with Gasteiger partial charge in [-0.15, -0.1) is 0 Å². The Balaban J connectivity index is 2.63. The zero-order chi connectivity index (χ0) is 14.6. The van der Waals surface area contributed by atoms with Crippen LogP contribution >= 0.6 is 0 Å².